The summed E-state index contributed by atoms with van der Waals surface area (Å²) in [5.41, 5.74) is 62.0. The van der Waals surface area contributed by atoms with Crippen LogP contribution in [-0.4, -0.2) is 236 Å². The van der Waals surface area contributed by atoms with E-state index in [2.05, 4.69) is 105 Å². The number of halogens is 3. The van der Waals surface area contributed by atoms with E-state index in [1.54, 1.807) is 0 Å². The van der Waals surface area contributed by atoms with Gasteiger partial charge in [0.05, 0.1) is 105 Å². The van der Waals surface area contributed by atoms with Crippen LogP contribution in [-0.2, 0) is 106 Å². The van der Waals surface area contributed by atoms with Gasteiger partial charge in [-0.1, -0.05) is 239 Å². The zero-order valence-corrected chi connectivity index (χ0v) is 82.3. The van der Waals surface area contributed by atoms with Gasteiger partial charge in [-0.25, -0.2) is 4.79 Å². The second kappa shape index (κ2) is 52.1. The molecule has 0 aliphatic carbocycles. The number of fused-ring (bicyclic) bond motifs is 6. The molecule has 12 fully saturated rings. The number of ether oxygens (including phenoxy) is 18. The molecule has 0 radical (unpaired) electrons. The van der Waals surface area contributed by atoms with Crippen molar-refractivity contribution in [1.82, 2.24) is 0 Å². The van der Waals surface area contributed by atoms with Gasteiger partial charge < -0.3 is 95.5 Å². The number of carbonyl (C=O) groups is 3. The van der Waals surface area contributed by atoms with Crippen molar-refractivity contribution in [1.29, 1.82) is 5.41 Å². The molecule has 48 heteroatoms. The number of aliphatic hydroxyl groups excluding tert-OH is 2. The number of carbonyl (C=O) groups excluding carboxylic acids is 3. The van der Waals surface area contributed by atoms with E-state index in [0.717, 1.165) is 31.2 Å². The van der Waals surface area contributed by atoms with Crippen molar-refractivity contribution in [3.05, 3.63) is 109 Å². The van der Waals surface area contributed by atoms with Gasteiger partial charge in [-0.3, -0.25) is 15.0 Å². The standard InChI is InChI=1S/C25H40N6O7.C22H29N3O7.C11H17Cl3N4O2.C11H19N3O3.C9H17N3O2.C8H13N3O2/c1-8-16-10(2)11(3)18(28-30-26)25(34-16)37-21-12(4)13(5)23(38-22(21)15(7)32)36-20-14(6)19(29-31-27)24-33-9-17(20)35-24;1-11-12(2)21(31-18-13(3)16(24-25-23)22-29-10-15(18)30-22)32-19(17(11)26)20(27)28-9-14-7-5-4-6-8-14;1-4-7-5(2)6(3)8(17-18-16)9(19-7)20-10(15)11(12,13)14;1-5-9-6(2)7(3)10(13-14-12)11(17-9)16-8(4)15;1-4-7-5(2)6(3)8(11-12-10)9(13)14-7;1-4-5(2)7(10-11-9)8-12-3-6(4)13-8/h10-14,16-25H,8-9H2,1-7H3;4-8,11-13,15-19,21-22,26H,9-10H2,1-3H3;5-9,15H,4H2,1-3H3;6-7,9-11H,5H2,1-4H3;5-9,13H,4H2,1-3H3;4-8H,3H2,1-2H3/t10-,11-,12+,13?,14+,16-,17?,18?,19?,20-,21-,22-,23+,24+,25+;11-,12?,13-,15?,16?,17+,18+,19-,21-,22-;5-,6-,7-,8?,9+;6-,7-,9-,10?,11+;5-,6-,7-,8?,9+;4-,5-,6?,7?,8+/m010000/s1. The van der Waals surface area contributed by atoms with E-state index in [1.807, 2.05) is 134 Å². The van der Waals surface area contributed by atoms with Crippen molar-refractivity contribution in [3.8, 4) is 0 Å². The van der Waals surface area contributed by atoms with Crippen molar-refractivity contribution >= 4 is 58.4 Å². The Kier molecular flexibility index (Phi) is 43.5. The molecule has 12 heterocycles. The Labute approximate surface area is 795 Å². The number of ketones is 1. The quantitative estimate of drug-likeness (QED) is 0.0174. The van der Waals surface area contributed by atoms with Gasteiger partial charge in [-0.05, 0) is 160 Å². The largest absolute Gasteiger partial charge is 0.459 e. The third kappa shape index (κ3) is 27.4. The van der Waals surface area contributed by atoms with Crippen LogP contribution in [0.25, 0.3) is 73.1 Å². The number of benzene rings is 1. The minimum atomic E-state index is -1.97. The highest BCUT2D eigenvalue weighted by Gasteiger charge is 2.57. The molecule has 0 amide bonds. The van der Waals surface area contributed by atoms with Gasteiger partial charge in [-0.15, -0.1) is 0 Å². The molecule has 45 atom stereocenters. The molecule has 0 aromatic heterocycles. The van der Waals surface area contributed by atoms with E-state index in [-0.39, 0.29) is 144 Å². The Balaban J connectivity index is 0.000000207. The maximum Gasteiger partial charge on any atom is 0.338 e. The predicted octanol–water partition coefficient (Wildman–Crippen LogP) is 17.9. The summed E-state index contributed by atoms with van der Waals surface area (Å²) in [6.45, 7) is 44.2. The van der Waals surface area contributed by atoms with E-state index in [1.165, 1.54) is 13.8 Å². The Morgan fingerprint density at radius 1 is 0.396 bits per heavy atom. The number of azide groups is 7. The fourth-order valence-corrected chi connectivity index (χ4v) is 19.3. The van der Waals surface area contributed by atoms with Gasteiger partial charge in [-0.2, -0.15) is 0 Å². The van der Waals surface area contributed by atoms with Gasteiger partial charge in [0, 0.05) is 53.1 Å². The molecule has 45 nitrogen and oxygen atoms in total. The first-order valence-corrected chi connectivity index (χ1v) is 47.3. The molecule has 12 aliphatic rings. The van der Waals surface area contributed by atoms with Gasteiger partial charge in [0.15, 0.2) is 55.9 Å². The summed E-state index contributed by atoms with van der Waals surface area (Å²) in [5, 5.41) is 54.3. The number of aliphatic hydroxyl groups is 2. The van der Waals surface area contributed by atoms with Gasteiger partial charge in [0.25, 0.3) is 3.79 Å². The predicted molar refractivity (Wildman–Crippen MR) is 485 cm³/mol. The van der Waals surface area contributed by atoms with Crippen molar-refractivity contribution in [3.63, 3.8) is 0 Å². The number of nitrogens with one attached hydrogen (secondary N) is 1. The number of hydrogen-bond donors (Lipinski definition) is 3. The zero-order valence-electron chi connectivity index (χ0n) is 80.0. The Hall–Kier alpha value is -7.34. The number of hydrogen-bond acceptors (Lipinski definition) is 31. The van der Waals surface area contributed by atoms with Crippen molar-refractivity contribution < 1.29 is 110 Å². The van der Waals surface area contributed by atoms with E-state index in [9.17, 15) is 30.1 Å². The number of rotatable bonds is 23. The average Bonchev–Trinajstić information content (AvgIpc) is 1.38. The Morgan fingerprint density at radius 2 is 0.739 bits per heavy atom. The highest BCUT2D eigenvalue weighted by atomic mass is 35.6. The third-order valence-corrected chi connectivity index (χ3v) is 29.7. The maximum atomic E-state index is 12.8. The molecule has 3 N–H and O–H groups in total. The minimum Gasteiger partial charge on any atom is -0.459 e. The summed E-state index contributed by atoms with van der Waals surface area (Å²) in [6, 6.07) is 6.04. The summed E-state index contributed by atoms with van der Waals surface area (Å²) in [4.78, 5) is 56.7. The van der Waals surface area contributed by atoms with Crippen molar-refractivity contribution in [2.75, 3.05) is 19.8 Å². The number of nitrogens with zero attached hydrogens (tertiary/aromatic N) is 21. The zero-order chi connectivity index (χ0) is 99.2. The Bertz CT molecular complexity index is 4340. The number of esters is 2. The molecule has 12 unspecified atom stereocenters. The van der Waals surface area contributed by atoms with Crippen LogP contribution in [0.1, 0.15) is 184 Å². The lowest BCUT2D eigenvalue weighted by Gasteiger charge is -2.49. The molecular formula is C86H135Cl3N22O23. The van der Waals surface area contributed by atoms with Crippen LogP contribution in [0.4, 0.5) is 0 Å². The molecule has 13 rings (SSSR count). The first kappa shape index (κ1) is 112. The molecule has 748 valence electrons. The van der Waals surface area contributed by atoms with Gasteiger partial charge in [0.2, 0.25) is 18.5 Å². The highest BCUT2D eigenvalue weighted by Crippen LogP contribution is 2.47. The molecule has 0 saturated carbocycles. The van der Waals surface area contributed by atoms with Crippen LogP contribution in [0.15, 0.2) is 66.1 Å². The lowest BCUT2D eigenvalue weighted by Crippen LogP contribution is -2.59. The Morgan fingerprint density at radius 3 is 1.15 bits per heavy atom. The first-order valence-electron chi connectivity index (χ1n) is 46.2. The second-order valence-electron chi connectivity index (χ2n) is 37.0. The number of Topliss-reactive ketones (excluding diaryl/α,β-unsaturated/α-hetero) is 1. The lowest BCUT2D eigenvalue weighted by atomic mass is 9.80. The molecule has 1 aromatic rings. The van der Waals surface area contributed by atoms with Crippen molar-refractivity contribution in [2.24, 2.45) is 130 Å². The van der Waals surface area contributed by atoms with Gasteiger partial charge >= 0.3 is 11.9 Å². The SMILES string of the molecule is CC1[C@H](O[C@@H]2C3CO[C@H](O3)C(N=[N+]=[N-])[C@H]2C)O[C@@H](C(=O)OCc2ccccc2)[C@@H](O)[C@@H]1C.CC[C@@H]1O[C@@H](O)C(N=[N+]=[N-])[C@@H](C)[C@@H]1C.CC[C@@H]1O[C@@H](OC(C)=O)C(N=[N+]=[N-])[C@@H](C)[C@@H]1C.CC[C@@H]1O[C@H](OC(=N)C(Cl)(Cl)Cl)C(N=[N+]=[N-])[C@@H](C)[C@@H]1C.CC[C@@H]1O[C@H](O[C@H]2[C@H](C)C(C)[C@H](O[C@@H]3C4CO[C@H](O4)C(N=[N+]=[N-])[C@H]3C)O[C@H]2C(C)=O)C(N=[N+]=[N-])[C@@H](C)[C@@H]1C.C[C@@H]1C2CO[C@H](O2)C(N=[N+]=[N-])[C@H]1C. The first-order chi connectivity index (χ1) is 63.6. The molecular weight excluding hydrogens is 1820 g/mol. The van der Waals surface area contributed by atoms with Crippen LogP contribution < -0.4 is 0 Å². The smallest absolute Gasteiger partial charge is 0.338 e. The van der Waals surface area contributed by atoms with E-state index >= 15 is 0 Å². The molecule has 12 saturated heterocycles. The third-order valence-electron chi connectivity index (χ3n) is 29.2. The summed E-state index contributed by atoms with van der Waals surface area (Å²) < 4.78 is 102. The van der Waals surface area contributed by atoms with Crippen LogP contribution in [0.2, 0.25) is 0 Å². The second-order valence-corrected chi connectivity index (χ2v) is 39.3. The van der Waals surface area contributed by atoms with E-state index < -0.39 is 145 Å². The fourth-order valence-electron chi connectivity index (χ4n) is 19.2. The normalized spacial score (nSPS) is 42.6. The molecule has 134 heavy (non-hydrogen) atoms. The molecule has 6 bridgehead atoms. The van der Waals surface area contributed by atoms with Gasteiger partial charge in [0.1, 0.15) is 37.0 Å². The monoisotopic (exact) mass is 1950 g/mol. The maximum absolute atomic E-state index is 12.8. The molecule has 0 spiro atoms. The average molecular weight is 1950 g/mol. The van der Waals surface area contributed by atoms with Crippen molar-refractivity contribution in [2.45, 2.75) is 367 Å². The van der Waals surface area contributed by atoms with Crippen LogP contribution in [0.5, 0.6) is 0 Å². The van der Waals surface area contributed by atoms with E-state index in [4.69, 9.17) is 159 Å². The van der Waals surface area contributed by atoms with E-state index in [0.29, 0.717) is 37.6 Å². The number of alkyl halides is 3. The summed E-state index contributed by atoms with van der Waals surface area (Å²) >= 11 is 16.8. The summed E-state index contributed by atoms with van der Waals surface area (Å²) in [6.07, 6.45) is -8.30. The lowest BCUT2D eigenvalue weighted by molar-refractivity contribution is -0.325. The topological polar surface area (TPSA) is 623 Å². The molecule has 1 aromatic carbocycles. The summed E-state index contributed by atoms with van der Waals surface area (Å²) in [7, 11) is 0. The highest BCUT2D eigenvalue weighted by molar-refractivity contribution is 6.76. The summed E-state index contributed by atoms with van der Waals surface area (Å²) in [5.74, 6) is -0.967. The van der Waals surface area contributed by atoms with Crippen LogP contribution in [0.3, 0.4) is 0 Å². The minimum absolute atomic E-state index is 0.0257. The molecule has 12 aliphatic heterocycles. The fraction of sp³-hybridized carbons (Fsp3) is 0.884. The van der Waals surface area contributed by atoms with Crippen LogP contribution in [0, 0.1) is 100 Å². The van der Waals surface area contributed by atoms with Crippen LogP contribution >= 0.6 is 34.8 Å².